The minimum Gasteiger partial charge on any atom is -0.388 e. The van der Waals surface area contributed by atoms with Crippen molar-refractivity contribution in [3.05, 3.63) is 31.5 Å². The number of aliphatic hydroxyl groups excluding tert-OH is 1. The van der Waals surface area contributed by atoms with Gasteiger partial charge in [-0.05, 0) is 31.5 Å². The Kier molecular flexibility index (Phi) is 3.59. The molecule has 21 heavy (non-hydrogen) atoms. The first-order valence-corrected chi connectivity index (χ1v) is 7.91. The minimum atomic E-state index is -0.771. The third-order valence-corrected chi connectivity index (χ3v) is 5.53. The molecule has 2 aromatic rings. The zero-order valence-corrected chi connectivity index (χ0v) is 12.6. The predicted octanol–water partition coefficient (Wildman–Crippen LogP) is 2.08. The molecule has 1 atom stereocenters. The molecule has 2 N–H and O–H groups in total. The zero-order valence-electron chi connectivity index (χ0n) is 11.0. The van der Waals surface area contributed by atoms with Crippen LogP contribution in [-0.4, -0.2) is 24.8 Å². The standard InChI is InChI=1S/C11H12N4O4S2/c1-5(16)8-4-7(15(18)19)9(20-8)21-11-13-12-10(17)14(11)6-2-3-6/h4-6,16H,2-3H2,1H3,(H,12,17)/t5-/m0/s1. The van der Waals surface area contributed by atoms with Gasteiger partial charge in [0, 0.05) is 17.0 Å². The molecule has 1 aliphatic carbocycles. The highest BCUT2D eigenvalue weighted by Gasteiger charge is 2.30. The van der Waals surface area contributed by atoms with E-state index in [1.54, 1.807) is 6.92 Å². The van der Waals surface area contributed by atoms with Crippen molar-refractivity contribution < 1.29 is 10.0 Å². The Hall–Kier alpha value is -1.65. The van der Waals surface area contributed by atoms with Crippen molar-refractivity contribution in [1.82, 2.24) is 14.8 Å². The number of hydrogen-bond acceptors (Lipinski definition) is 7. The minimum absolute atomic E-state index is 0.0707. The lowest BCUT2D eigenvalue weighted by Gasteiger charge is -2.01. The molecular weight excluding hydrogens is 316 g/mol. The number of thiophene rings is 1. The Bertz CT molecular complexity index is 744. The molecule has 0 aliphatic heterocycles. The third kappa shape index (κ3) is 2.74. The zero-order chi connectivity index (χ0) is 15.1. The summed E-state index contributed by atoms with van der Waals surface area (Å²) in [6.07, 6.45) is 1.06. The van der Waals surface area contributed by atoms with E-state index in [2.05, 4.69) is 10.2 Å². The van der Waals surface area contributed by atoms with E-state index in [1.165, 1.54) is 10.6 Å². The molecule has 0 bridgehead atoms. The van der Waals surface area contributed by atoms with E-state index in [4.69, 9.17) is 0 Å². The highest BCUT2D eigenvalue weighted by molar-refractivity contribution is 8.01. The van der Waals surface area contributed by atoms with Gasteiger partial charge in [-0.3, -0.25) is 14.7 Å². The lowest BCUT2D eigenvalue weighted by Crippen LogP contribution is -2.15. The molecule has 8 nitrogen and oxygen atoms in total. The summed E-state index contributed by atoms with van der Waals surface area (Å²) in [6.45, 7) is 1.55. The van der Waals surface area contributed by atoms with Gasteiger partial charge in [-0.25, -0.2) is 9.89 Å². The van der Waals surface area contributed by atoms with Gasteiger partial charge in [0.15, 0.2) is 5.16 Å². The highest BCUT2D eigenvalue weighted by atomic mass is 32.2. The van der Waals surface area contributed by atoms with Crippen LogP contribution in [0, 0.1) is 10.1 Å². The number of aromatic nitrogens is 3. The van der Waals surface area contributed by atoms with Gasteiger partial charge in [-0.1, -0.05) is 0 Å². The summed E-state index contributed by atoms with van der Waals surface area (Å²) >= 11 is 2.23. The number of nitro groups is 1. The average molecular weight is 328 g/mol. The van der Waals surface area contributed by atoms with Crippen molar-refractivity contribution >= 4 is 28.8 Å². The van der Waals surface area contributed by atoms with E-state index in [-0.39, 0.29) is 17.4 Å². The van der Waals surface area contributed by atoms with Gasteiger partial charge in [0.05, 0.1) is 11.0 Å². The molecule has 0 saturated heterocycles. The smallest absolute Gasteiger partial charge is 0.344 e. The Morgan fingerprint density at radius 1 is 1.67 bits per heavy atom. The lowest BCUT2D eigenvalue weighted by atomic mass is 10.3. The van der Waals surface area contributed by atoms with Gasteiger partial charge >= 0.3 is 5.69 Å². The van der Waals surface area contributed by atoms with E-state index in [0.29, 0.717) is 14.2 Å². The molecule has 3 rings (SSSR count). The third-order valence-electron chi connectivity index (χ3n) is 3.08. The summed E-state index contributed by atoms with van der Waals surface area (Å²) in [7, 11) is 0. The highest BCUT2D eigenvalue weighted by Crippen LogP contribution is 2.44. The first kappa shape index (κ1) is 14.3. The average Bonchev–Trinajstić information content (AvgIpc) is 3.04. The second-order valence-corrected chi connectivity index (χ2v) is 7.09. The Morgan fingerprint density at radius 2 is 2.38 bits per heavy atom. The molecule has 0 spiro atoms. The second-order valence-electron chi connectivity index (χ2n) is 4.77. The fourth-order valence-electron chi connectivity index (χ4n) is 1.89. The molecule has 1 aliphatic rings. The predicted molar refractivity (Wildman–Crippen MR) is 76.8 cm³/mol. The number of hydrogen-bond donors (Lipinski definition) is 2. The van der Waals surface area contributed by atoms with Crippen LogP contribution in [0.5, 0.6) is 0 Å². The summed E-state index contributed by atoms with van der Waals surface area (Å²) in [5.74, 6) is 0. The molecule has 0 aromatic carbocycles. The lowest BCUT2D eigenvalue weighted by molar-refractivity contribution is -0.387. The fourth-order valence-corrected chi connectivity index (χ4v) is 4.19. The summed E-state index contributed by atoms with van der Waals surface area (Å²) < 4.78 is 1.95. The first-order chi connectivity index (χ1) is 9.97. The van der Waals surface area contributed by atoms with Crippen LogP contribution in [0.25, 0.3) is 0 Å². The van der Waals surface area contributed by atoms with E-state index in [0.717, 1.165) is 35.9 Å². The van der Waals surface area contributed by atoms with Crippen LogP contribution in [0.4, 0.5) is 5.69 Å². The molecule has 0 unspecified atom stereocenters. The normalized spacial score (nSPS) is 16.1. The van der Waals surface area contributed by atoms with E-state index < -0.39 is 11.0 Å². The summed E-state index contributed by atoms with van der Waals surface area (Å²) in [6, 6.07) is 1.50. The fraction of sp³-hybridized carbons (Fsp3) is 0.455. The van der Waals surface area contributed by atoms with E-state index >= 15 is 0 Å². The van der Waals surface area contributed by atoms with Crippen LogP contribution in [0.15, 0.2) is 20.2 Å². The topological polar surface area (TPSA) is 114 Å². The number of rotatable bonds is 5. The molecule has 1 saturated carbocycles. The maximum absolute atomic E-state index is 11.7. The Balaban J connectivity index is 1.98. The van der Waals surface area contributed by atoms with E-state index in [1.807, 2.05) is 0 Å². The molecule has 0 radical (unpaired) electrons. The maximum atomic E-state index is 11.7. The molecule has 2 heterocycles. The van der Waals surface area contributed by atoms with Gasteiger partial charge < -0.3 is 5.11 Å². The molecule has 112 valence electrons. The summed E-state index contributed by atoms with van der Waals surface area (Å²) in [5, 5.41) is 27.4. The Labute approximate surface area is 127 Å². The van der Waals surface area contributed by atoms with Crippen molar-refractivity contribution in [2.24, 2.45) is 0 Å². The van der Waals surface area contributed by atoms with Crippen molar-refractivity contribution in [3.8, 4) is 0 Å². The van der Waals surface area contributed by atoms with E-state index in [9.17, 15) is 20.0 Å². The second kappa shape index (κ2) is 5.28. The van der Waals surface area contributed by atoms with Crippen LogP contribution in [-0.2, 0) is 0 Å². The van der Waals surface area contributed by atoms with Crippen LogP contribution >= 0.6 is 23.1 Å². The van der Waals surface area contributed by atoms with Crippen LogP contribution < -0.4 is 5.69 Å². The SMILES string of the molecule is C[C@H](O)c1cc([N+](=O)[O-])c(Sc2n[nH]c(=O)n2C2CC2)s1. The van der Waals surface area contributed by atoms with Gasteiger partial charge in [-0.2, -0.15) is 0 Å². The van der Waals surface area contributed by atoms with Crippen LogP contribution in [0.1, 0.15) is 36.8 Å². The number of nitrogens with one attached hydrogen (secondary N) is 1. The Morgan fingerprint density at radius 3 is 2.95 bits per heavy atom. The number of nitrogens with zero attached hydrogens (tertiary/aromatic N) is 3. The number of aliphatic hydroxyl groups is 1. The first-order valence-electron chi connectivity index (χ1n) is 6.28. The van der Waals surface area contributed by atoms with Gasteiger partial charge in [0.2, 0.25) is 0 Å². The van der Waals surface area contributed by atoms with Gasteiger partial charge in [0.25, 0.3) is 5.69 Å². The van der Waals surface area contributed by atoms with Crippen molar-refractivity contribution in [2.45, 2.75) is 41.3 Å². The number of aromatic amines is 1. The monoisotopic (exact) mass is 328 g/mol. The quantitative estimate of drug-likeness (QED) is 0.641. The largest absolute Gasteiger partial charge is 0.388 e. The van der Waals surface area contributed by atoms with Crippen molar-refractivity contribution in [3.63, 3.8) is 0 Å². The molecule has 2 aromatic heterocycles. The van der Waals surface area contributed by atoms with Gasteiger partial charge in [0.1, 0.15) is 4.21 Å². The number of H-pyrrole nitrogens is 1. The molecule has 10 heteroatoms. The van der Waals surface area contributed by atoms with Crippen LogP contribution in [0.3, 0.4) is 0 Å². The van der Waals surface area contributed by atoms with Crippen molar-refractivity contribution in [2.75, 3.05) is 0 Å². The summed E-state index contributed by atoms with van der Waals surface area (Å²) in [5.41, 5.74) is -0.367. The summed E-state index contributed by atoms with van der Waals surface area (Å²) in [4.78, 5) is 22.8. The van der Waals surface area contributed by atoms with Crippen molar-refractivity contribution in [1.29, 1.82) is 0 Å². The van der Waals surface area contributed by atoms with Gasteiger partial charge in [-0.15, -0.1) is 16.4 Å². The van der Waals surface area contributed by atoms with Crippen LogP contribution in [0.2, 0.25) is 0 Å². The maximum Gasteiger partial charge on any atom is 0.344 e. The molecule has 0 amide bonds. The molecule has 1 fully saturated rings. The molecular formula is C11H12N4O4S2.